The molecule has 0 N–H and O–H groups in total. The summed E-state index contributed by atoms with van der Waals surface area (Å²) in [5.41, 5.74) is 0.246. The van der Waals surface area contributed by atoms with E-state index in [2.05, 4.69) is 0 Å². The van der Waals surface area contributed by atoms with E-state index in [9.17, 15) is 14.0 Å². The van der Waals surface area contributed by atoms with Crippen LogP contribution in [0.25, 0.3) is 10.8 Å². The van der Waals surface area contributed by atoms with Crippen LogP contribution in [0.5, 0.6) is 0 Å². The van der Waals surface area contributed by atoms with Crippen molar-refractivity contribution in [3.63, 3.8) is 0 Å². The molecule has 0 aliphatic heterocycles. The van der Waals surface area contributed by atoms with Crippen LogP contribution < -0.4 is 0 Å². The van der Waals surface area contributed by atoms with Crippen LogP contribution in [0.4, 0.5) is 4.39 Å². The van der Waals surface area contributed by atoms with Gasteiger partial charge in [-0.2, -0.15) is 0 Å². The van der Waals surface area contributed by atoms with Gasteiger partial charge in [0.1, 0.15) is 0 Å². The average molecular weight is 258 g/mol. The Kier molecular flexibility index (Phi) is 4.05. The fourth-order valence-corrected chi connectivity index (χ4v) is 2.01. The molecule has 0 bridgehead atoms. The Balaban J connectivity index is 2.28. The summed E-state index contributed by atoms with van der Waals surface area (Å²) in [6, 6.07) is 12.5. The molecule has 0 heterocycles. The Hall–Kier alpha value is -2.03. The highest BCUT2D eigenvalue weighted by Crippen LogP contribution is 2.18. The molecule has 0 saturated carbocycles. The number of benzene rings is 2. The quantitative estimate of drug-likeness (QED) is 0.605. The van der Waals surface area contributed by atoms with Gasteiger partial charge in [-0.15, -0.1) is 0 Å². The van der Waals surface area contributed by atoms with Crippen LogP contribution in [-0.4, -0.2) is 17.7 Å². The Bertz CT molecular complexity index is 619. The van der Waals surface area contributed by atoms with Gasteiger partial charge in [0.25, 0.3) is 0 Å². The van der Waals surface area contributed by atoms with Gasteiger partial charge in [0.05, 0.1) is 0 Å². The van der Waals surface area contributed by atoms with Crippen LogP contribution >= 0.6 is 0 Å². The molecule has 0 saturated heterocycles. The first kappa shape index (κ1) is 13.4. The van der Waals surface area contributed by atoms with Gasteiger partial charge < -0.3 is 0 Å². The Morgan fingerprint density at radius 3 is 2.47 bits per heavy atom. The second kappa shape index (κ2) is 5.74. The third-order valence-corrected chi connectivity index (χ3v) is 3.04. The Morgan fingerprint density at radius 1 is 1.11 bits per heavy atom. The van der Waals surface area contributed by atoms with E-state index in [1.165, 1.54) is 0 Å². The van der Waals surface area contributed by atoms with Crippen LogP contribution in [0.1, 0.15) is 30.1 Å². The van der Waals surface area contributed by atoms with Gasteiger partial charge in [-0.1, -0.05) is 43.3 Å². The number of Topliss-reactive ketones (excluding diaryl/α,β-unsaturated/α-hetero) is 2. The maximum atomic E-state index is 13.8. The maximum absolute atomic E-state index is 13.8. The molecule has 0 aromatic heterocycles. The highest BCUT2D eigenvalue weighted by molar-refractivity contribution is 6.14. The van der Waals surface area contributed by atoms with Crippen LogP contribution in [-0.2, 0) is 4.79 Å². The van der Waals surface area contributed by atoms with Gasteiger partial charge in [0.15, 0.2) is 5.78 Å². The Labute approximate surface area is 111 Å². The van der Waals surface area contributed by atoms with E-state index in [-0.39, 0.29) is 12.0 Å². The minimum atomic E-state index is -2.04. The summed E-state index contributed by atoms with van der Waals surface area (Å²) in [6.07, 6.45) is -1.40. The smallest absolute Gasteiger partial charge is 0.220 e. The minimum Gasteiger partial charge on any atom is -0.296 e. The second-order valence-electron chi connectivity index (χ2n) is 4.51. The third kappa shape index (κ3) is 2.87. The SMILES string of the molecule is CCCC(=O)C(F)C(=O)c1ccc2ccccc2c1. The summed E-state index contributed by atoms with van der Waals surface area (Å²) >= 11 is 0. The number of halogens is 1. The molecule has 19 heavy (non-hydrogen) atoms. The van der Waals surface area contributed by atoms with Gasteiger partial charge in [-0.25, -0.2) is 4.39 Å². The molecule has 0 fully saturated rings. The number of ketones is 2. The molecule has 0 radical (unpaired) electrons. The van der Waals surface area contributed by atoms with E-state index in [4.69, 9.17) is 0 Å². The molecule has 3 heteroatoms. The first-order chi connectivity index (χ1) is 9.13. The summed E-state index contributed by atoms with van der Waals surface area (Å²) in [7, 11) is 0. The zero-order valence-electron chi connectivity index (χ0n) is 10.7. The minimum absolute atomic E-state index is 0.0977. The van der Waals surface area contributed by atoms with Crippen molar-refractivity contribution in [1.82, 2.24) is 0 Å². The highest BCUT2D eigenvalue weighted by Gasteiger charge is 2.26. The van der Waals surface area contributed by atoms with E-state index < -0.39 is 17.7 Å². The van der Waals surface area contributed by atoms with Crippen molar-refractivity contribution in [2.45, 2.75) is 25.9 Å². The molecule has 2 aromatic rings. The number of hydrogen-bond acceptors (Lipinski definition) is 2. The molecule has 0 aliphatic carbocycles. The molecule has 98 valence electrons. The van der Waals surface area contributed by atoms with Crippen molar-refractivity contribution in [2.24, 2.45) is 0 Å². The predicted molar refractivity (Wildman–Crippen MR) is 73.1 cm³/mol. The summed E-state index contributed by atoms with van der Waals surface area (Å²) in [6.45, 7) is 1.78. The molecule has 2 nitrogen and oxygen atoms in total. The number of alkyl halides is 1. The maximum Gasteiger partial charge on any atom is 0.220 e. The Morgan fingerprint density at radius 2 is 1.79 bits per heavy atom. The predicted octanol–water partition coefficient (Wildman–Crippen LogP) is 3.73. The fraction of sp³-hybridized carbons (Fsp3) is 0.250. The molecular weight excluding hydrogens is 243 g/mol. The van der Waals surface area contributed by atoms with Crippen molar-refractivity contribution < 1.29 is 14.0 Å². The monoisotopic (exact) mass is 258 g/mol. The number of hydrogen-bond donors (Lipinski definition) is 0. The summed E-state index contributed by atoms with van der Waals surface area (Å²) in [5.74, 6) is -1.38. The summed E-state index contributed by atoms with van der Waals surface area (Å²) in [4.78, 5) is 23.3. The van der Waals surface area contributed by atoms with Gasteiger partial charge >= 0.3 is 0 Å². The van der Waals surface area contributed by atoms with Crippen molar-refractivity contribution >= 4 is 22.3 Å². The van der Waals surface area contributed by atoms with E-state index in [1.807, 2.05) is 24.3 Å². The standard InChI is InChI=1S/C16H15FO2/c1-2-5-14(18)15(17)16(19)13-9-8-11-6-3-4-7-12(11)10-13/h3-4,6-10,15H,2,5H2,1H3. The fourth-order valence-electron chi connectivity index (χ4n) is 2.01. The normalized spacial score (nSPS) is 12.3. The van der Waals surface area contributed by atoms with Crippen LogP contribution in [0.3, 0.4) is 0 Å². The highest BCUT2D eigenvalue weighted by atomic mass is 19.1. The summed E-state index contributed by atoms with van der Waals surface area (Å²) < 4.78 is 13.8. The largest absolute Gasteiger partial charge is 0.296 e. The molecule has 1 unspecified atom stereocenters. The number of fused-ring (bicyclic) bond motifs is 1. The van der Waals surface area contributed by atoms with Crippen molar-refractivity contribution in [3.05, 3.63) is 48.0 Å². The first-order valence-corrected chi connectivity index (χ1v) is 6.33. The molecule has 2 rings (SSSR count). The van der Waals surface area contributed by atoms with Gasteiger partial charge in [-0.3, -0.25) is 9.59 Å². The van der Waals surface area contributed by atoms with E-state index in [0.717, 1.165) is 10.8 Å². The zero-order chi connectivity index (χ0) is 13.8. The summed E-state index contributed by atoms with van der Waals surface area (Å²) in [5, 5.41) is 1.85. The number of carbonyl (C=O) groups is 2. The van der Waals surface area contributed by atoms with Crippen LogP contribution in [0, 0.1) is 0 Å². The topological polar surface area (TPSA) is 34.1 Å². The van der Waals surface area contributed by atoms with Crippen molar-refractivity contribution in [1.29, 1.82) is 0 Å². The van der Waals surface area contributed by atoms with Gasteiger partial charge in [-0.05, 0) is 23.3 Å². The zero-order valence-corrected chi connectivity index (χ0v) is 10.7. The van der Waals surface area contributed by atoms with Crippen molar-refractivity contribution in [3.8, 4) is 0 Å². The lowest BCUT2D eigenvalue weighted by Crippen LogP contribution is -2.25. The molecular formula is C16H15FO2. The lowest BCUT2D eigenvalue weighted by molar-refractivity contribution is -0.122. The van der Waals surface area contributed by atoms with Crippen LogP contribution in [0.15, 0.2) is 42.5 Å². The van der Waals surface area contributed by atoms with E-state index in [1.54, 1.807) is 25.1 Å². The lowest BCUT2D eigenvalue weighted by Gasteiger charge is -2.07. The number of rotatable bonds is 5. The molecule has 0 aliphatic rings. The first-order valence-electron chi connectivity index (χ1n) is 6.33. The number of carbonyl (C=O) groups excluding carboxylic acids is 2. The molecule has 2 aromatic carbocycles. The second-order valence-corrected chi connectivity index (χ2v) is 4.51. The van der Waals surface area contributed by atoms with Crippen LogP contribution in [0.2, 0.25) is 0 Å². The van der Waals surface area contributed by atoms with E-state index in [0.29, 0.717) is 6.42 Å². The van der Waals surface area contributed by atoms with Gasteiger partial charge in [0, 0.05) is 12.0 Å². The van der Waals surface area contributed by atoms with Crippen molar-refractivity contribution in [2.75, 3.05) is 0 Å². The lowest BCUT2D eigenvalue weighted by atomic mass is 9.99. The average Bonchev–Trinajstić information content (AvgIpc) is 2.45. The van der Waals surface area contributed by atoms with E-state index >= 15 is 0 Å². The van der Waals surface area contributed by atoms with Gasteiger partial charge in [0.2, 0.25) is 12.0 Å². The molecule has 1 atom stereocenters. The molecule has 0 amide bonds. The molecule has 0 spiro atoms. The third-order valence-electron chi connectivity index (χ3n) is 3.04.